The summed E-state index contributed by atoms with van der Waals surface area (Å²) in [6.07, 6.45) is 1.56. The van der Waals surface area contributed by atoms with E-state index in [1.54, 1.807) is 29.7 Å². The smallest absolute Gasteiger partial charge is 0.336 e. The summed E-state index contributed by atoms with van der Waals surface area (Å²) in [5, 5.41) is 17.2. The Kier molecular flexibility index (Phi) is 3.06. The average molecular weight is 311 g/mol. The number of benzene rings is 1. The first kappa shape index (κ1) is 13.2. The number of nitrogens with one attached hydrogen (secondary N) is 2. The van der Waals surface area contributed by atoms with Crippen molar-refractivity contribution in [2.45, 2.75) is 12.7 Å². The third-order valence-corrected chi connectivity index (χ3v) is 4.91. The molecule has 0 aliphatic carbocycles. The Hall–Kier alpha value is -2.44. The number of rotatable bonds is 2. The van der Waals surface area contributed by atoms with Crippen LogP contribution in [0.1, 0.15) is 27.0 Å². The third kappa shape index (κ3) is 2.04. The summed E-state index contributed by atoms with van der Waals surface area (Å²) < 4.78 is 0. The number of aromatic carboxylic acids is 1. The number of hydrogen-bond donors (Lipinski definition) is 3. The largest absolute Gasteiger partial charge is 0.478 e. The van der Waals surface area contributed by atoms with E-state index in [0.29, 0.717) is 12.1 Å². The van der Waals surface area contributed by atoms with Crippen molar-refractivity contribution in [2.24, 2.45) is 0 Å². The van der Waals surface area contributed by atoms with E-state index in [-0.39, 0.29) is 6.17 Å². The van der Waals surface area contributed by atoms with E-state index in [0.717, 1.165) is 21.5 Å². The van der Waals surface area contributed by atoms with Crippen molar-refractivity contribution in [3.8, 4) is 0 Å². The first-order valence-electron chi connectivity index (χ1n) is 6.92. The summed E-state index contributed by atoms with van der Waals surface area (Å²) in [4.78, 5) is 18.0. The van der Waals surface area contributed by atoms with Crippen molar-refractivity contribution >= 4 is 33.2 Å². The lowest BCUT2D eigenvalue weighted by Gasteiger charge is -2.27. The van der Waals surface area contributed by atoms with Gasteiger partial charge in [-0.1, -0.05) is 18.2 Å². The van der Waals surface area contributed by atoms with E-state index < -0.39 is 5.97 Å². The third-order valence-electron chi connectivity index (χ3n) is 3.80. The van der Waals surface area contributed by atoms with Crippen molar-refractivity contribution in [1.82, 2.24) is 10.3 Å². The maximum Gasteiger partial charge on any atom is 0.336 e. The molecular weight excluding hydrogens is 298 g/mol. The molecule has 2 aromatic heterocycles. The van der Waals surface area contributed by atoms with Gasteiger partial charge in [0.25, 0.3) is 0 Å². The van der Waals surface area contributed by atoms with E-state index in [1.807, 2.05) is 24.3 Å². The minimum Gasteiger partial charge on any atom is -0.478 e. The van der Waals surface area contributed by atoms with Gasteiger partial charge in [0.1, 0.15) is 11.0 Å². The molecule has 1 aliphatic heterocycles. The molecule has 0 bridgehead atoms. The predicted octanol–water partition coefficient (Wildman–Crippen LogP) is 3.21. The fourth-order valence-electron chi connectivity index (χ4n) is 2.78. The fourth-order valence-corrected chi connectivity index (χ4v) is 3.84. The van der Waals surface area contributed by atoms with Crippen LogP contribution in [0.3, 0.4) is 0 Å². The summed E-state index contributed by atoms with van der Waals surface area (Å²) in [5.74, 6) is -0.915. The number of anilines is 1. The van der Waals surface area contributed by atoms with Crippen LogP contribution in [0, 0.1) is 0 Å². The lowest BCUT2D eigenvalue weighted by molar-refractivity contribution is 0.0695. The first-order chi connectivity index (χ1) is 10.7. The maximum absolute atomic E-state index is 11.4. The van der Waals surface area contributed by atoms with Gasteiger partial charge in [0.15, 0.2) is 0 Å². The highest BCUT2D eigenvalue weighted by Crippen LogP contribution is 2.39. The topological polar surface area (TPSA) is 74.2 Å². The Balaban J connectivity index is 1.77. The highest BCUT2D eigenvalue weighted by atomic mass is 32.1. The molecule has 0 saturated carbocycles. The van der Waals surface area contributed by atoms with Crippen LogP contribution in [-0.2, 0) is 6.54 Å². The Morgan fingerprint density at radius 3 is 3.00 bits per heavy atom. The molecule has 110 valence electrons. The lowest BCUT2D eigenvalue weighted by Crippen LogP contribution is -2.32. The van der Waals surface area contributed by atoms with E-state index in [2.05, 4.69) is 15.6 Å². The first-order valence-corrected chi connectivity index (χ1v) is 7.74. The van der Waals surface area contributed by atoms with Gasteiger partial charge in [0.2, 0.25) is 0 Å². The number of aromatic nitrogens is 1. The molecule has 3 heterocycles. The molecule has 1 aliphatic rings. The van der Waals surface area contributed by atoms with Gasteiger partial charge < -0.3 is 10.4 Å². The van der Waals surface area contributed by atoms with Gasteiger partial charge in [0.05, 0.1) is 11.3 Å². The number of thiophene rings is 1. The van der Waals surface area contributed by atoms with Crippen LogP contribution >= 0.6 is 11.3 Å². The van der Waals surface area contributed by atoms with Crippen LogP contribution in [0.25, 0.3) is 10.2 Å². The molecule has 1 unspecified atom stereocenters. The molecule has 0 saturated heterocycles. The van der Waals surface area contributed by atoms with Crippen molar-refractivity contribution in [2.75, 3.05) is 5.32 Å². The fraction of sp³-hybridized carbons (Fsp3) is 0.125. The van der Waals surface area contributed by atoms with Crippen molar-refractivity contribution < 1.29 is 9.90 Å². The zero-order valence-electron chi connectivity index (χ0n) is 11.5. The number of fused-ring (bicyclic) bond motifs is 3. The zero-order chi connectivity index (χ0) is 15.1. The average Bonchev–Trinajstić information content (AvgIpc) is 2.92. The number of pyridine rings is 1. The number of hydrogen-bond acceptors (Lipinski definition) is 5. The molecule has 6 heteroatoms. The monoisotopic (exact) mass is 311 g/mol. The van der Waals surface area contributed by atoms with Gasteiger partial charge in [-0.05, 0) is 18.2 Å². The molecular formula is C16H13N3O2S. The van der Waals surface area contributed by atoms with Gasteiger partial charge in [-0.15, -0.1) is 11.3 Å². The van der Waals surface area contributed by atoms with Crippen LogP contribution in [0.15, 0.2) is 42.6 Å². The summed E-state index contributed by atoms with van der Waals surface area (Å²) >= 11 is 1.66. The molecule has 4 rings (SSSR count). The van der Waals surface area contributed by atoms with Crippen molar-refractivity contribution in [3.63, 3.8) is 0 Å². The van der Waals surface area contributed by atoms with Crippen LogP contribution in [0.5, 0.6) is 0 Å². The van der Waals surface area contributed by atoms with Crippen LogP contribution in [-0.4, -0.2) is 16.1 Å². The van der Waals surface area contributed by atoms with Crippen LogP contribution < -0.4 is 10.6 Å². The molecule has 0 amide bonds. The molecule has 0 spiro atoms. The number of carboxylic acid groups (broad SMARTS) is 1. The maximum atomic E-state index is 11.4. The molecule has 1 atom stereocenters. The second-order valence-electron chi connectivity index (χ2n) is 5.11. The number of nitrogens with zero attached hydrogens (tertiary/aromatic N) is 1. The van der Waals surface area contributed by atoms with Gasteiger partial charge in [-0.25, -0.2) is 9.78 Å². The Morgan fingerprint density at radius 1 is 1.27 bits per heavy atom. The molecule has 22 heavy (non-hydrogen) atoms. The van der Waals surface area contributed by atoms with Gasteiger partial charge in [-0.2, -0.15) is 0 Å². The normalized spacial score (nSPS) is 17.0. The summed E-state index contributed by atoms with van der Waals surface area (Å²) in [5.41, 5.74) is 2.11. The zero-order valence-corrected chi connectivity index (χ0v) is 12.4. The molecule has 5 nitrogen and oxygen atoms in total. The standard InChI is InChI=1S/C16H13N3O2S/c20-16(21)10-5-2-1-4-9(10)14-18-8-12-13(19-14)11-6-3-7-17-15(11)22-12/h1-7,14,18-19H,8H2,(H,20,21). The van der Waals surface area contributed by atoms with E-state index in [4.69, 9.17) is 0 Å². The van der Waals surface area contributed by atoms with E-state index in [9.17, 15) is 9.90 Å². The lowest BCUT2D eigenvalue weighted by atomic mass is 10.0. The molecule has 0 fully saturated rings. The molecule has 1 aromatic carbocycles. The van der Waals surface area contributed by atoms with Crippen molar-refractivity contribution in [1.29, 1.82) is 0 Å². The second kappa shape index (κ2) is 5.08. The van der Waals surface area contributed by atoms with Gasteiger partial charge >= 0.3 is 5.97 Å². The highest BCUT2D eigenvalue weighted by Gasteiger charge is 2.25. The Labute approximate surface area is 130 Å². The van der Waals surface area contributed by atoms with Gasteiger partial charge in [-0.3, -0.25) is 5.32 Å². The summed E-state index contributed by atoms with van der Waals surface area (Å²) in [6, 6.07) is 11.0. The highest BCUT2D eigenvalue weighted by molar-refractivity contribution is 7.19. The number of carboxylic acids is 1. The molecule has 3 N–H and O–H groups in total. The number of carbonyl (C=O) groups is 1. The van der Waals surface area contributed by atoms with E-state index >= 15 is 0 Å². The van der Waals surface area contributed by atoms with Gasteiger partial charge in [0, 0.05) is 28.6 Å². The van der Waals surface area contributed by atoms with Crippen LogP contribution in [0.2, 0.25) is 0 Å². The summed E-state index contributed by atoms with van der Waals surface area (Å²) in [7, 11) is 0. The van der Waals surface area contributed by atoms with Crippen LogP contribution in [0.4, 0.5) is 5.69 Å². The Bertz CT molecular complexity index is 875. The SMILES string of the molecule is O=C(O)c1ccccc1C1NCc2sc3ncccc3c2N1. The van der Waals surface area contributed by atoms with E-state index in [1.165, 1.54) is 4.88 Å². The second-order valence-corrected chi connectivity index (χ2v) is 6.19. The minimum absolute atomic E-state index is 0.224. The summed E-state index contributed by atoms with van der Waals surface area (Å²) in [6.45, 7) is 0.696. The quantitative estimate of drug-likeness (QED) is 0.677. The molecule has 3 aromatic rings. The Morgan fingerprint density at radius 2 is 2.14 bits per heavy atom. The predicted molar refractivity (Wildman–Crippen MR) is 86.2 cm³/mol. The molecule has 0 radical (unpaired) electrons. The van der Waals surface area contributed by atoms with Crippen molar-refractivity contribution in [3.05, 3.63) is 58.6 Å². The minimum atomic E-state index is -0.915.